The topological polar surface area (TPSA) is 0 Å². The first-order valence-electron chi connectivity index (χ1n) is 8.44. The Morgan fingerprint density at radius 2 is 1.60 bits per heavy atom. The molecule has 1 aliphatic carbocycles. The van der Waals surface area contributed by atoms with Gasteiger partial charge in [0.05, 0.1) is 0 Å². The van der Waals surface area contributed by atoms with Crippen LogP contribution >= 0.6 is 15.9 Å². The number of unbranched alkanes of at least 4 members (excludes halogenated alkanes) is 3. The average Bonchev–Trinajstić information content (AvgIpc) is 2.72. The first-order valence-corrected chi connectivity index (χ1v) is 9.56. The van der Waals surface area contributed by atoms with Crippen LogP contribution < -0.4 is 0 Å². The van der Waals surface area contributed by atoms with Crippen molar-refractivity contribution in [3.63, 3.8) is 0 Å². The van der Waals surface area contributed by atoms with Gasteiger partial charge in [-0.1, -0.05) is 88.4 Å². The molecule has 0 aromatic carbocycles. The fourth-order valence-electron chi connectivity index (χ4n) is 3.43. The third kappa shape index (κ3) is 5.54. The summed E-state index contributed by atoms with van der Waals surface area (Å²) in [7, 11) is 0. The van der Waals surface area contributed by atoms with Gasteiger partial charge in [-0.2, -0.15) is 0 Å². The lowest BCUT2D eigenvalue weighted by atomic mass is 9.77. The summed E-state index contributed by atoms with van der Waals surface area (Å²) in [6, 6.07) is 0. The predicted molar refractivity (Wildman–Crippen MR) is 95.5 cm³/mol. The van der Waals surface area contributed by atoms with Gasteiger partial charge in [-0.3, -0.25) is 0 Å². The maximum absolute atomic E-state index is 3.52. The minimum atomic E-state index is 0.348. The van der Waals surface area contributed by atoms with Crippen LogP contribution in [0, 0.1) is 22.7 Å². The second-order valence-corrected chi connectivity index (χ2v) is 9.46. The van der Waals surface area contributed by atoms with Crippen molar-refractivity contribution in [1.29, 1.82) is 0 Å². The normalized spacial score (nSPS) is 24.1. The van der Waals surface area contributed by atoms with Crippen LogP contribution in [-0.4, -0.2) is 5.33 Å². The number of rotatable bonds is 6. The zero-order valence-corrected chi connectivity index (χ0v) is 16.1. The van der Waals surface area contributed by atoms with Crippen LogP contribution in [0.3, 0.4) is 0 Å². The first-order chi connectivity index (χ1) is 9.16. The minimum Gasteiger partial charge on any atom is -0.0928 e. The van der Waals surface area contributed by atoms with E-state index >= 15 is 0 Å². The predicted octanol–water partition coefficient (Wildman–Crippen LogP) is 6.99. The van der Waals surface area contributed by atoms with Gasteiger partial charge in [0.1, 0.15) is 0 Å². The lowest BCUT2D eigenvalue weighted by molar-refractivity contribution is 0.264. The molecular formula is C19H35Br. The molecule has 0 nitrogen and oxygen atoms in total. The molecule has 0 saturated heterocycles. The largest absolute Gasteiger partial charge is 0.0928 e. The Balaban J connectivity index is 2.59. The Labute approximate surface area is 135 Å². The van der Waals surface area contributed by atoms with Crippen molar-refractivity contribution in [2.24, 2.45) is 22.7 Å². The Morgan fingerprint density at radius 3 is 2.10 bits per heavy atom. The van der Waals surface area contributed by atoms with Gasteiger partial charge in [0.25, 0.3) is 0 Å². The van der Waals surface area contributed by atoms with Gasteiger partial charge in [-0.05, 0) is 41.9 Å². The molecule has 1 rings (SSSR count). The highest BCUT2D eigenvalue weighted by Crippen LogP contribution is 2.48. The van der Waals surface area contributed by atoms with E-state index in [0.29, 0.717) is 10.8 Å². The minimum absolute atomic E-state index is 0.348. The van der Waals surface area contributed by atoms with E-state index in [2.05, 4.69) is 63.5 Å². The maximum Gasteiger partial charge on any atom is 0.00313 e. The van der Waals surface area contributed by atoms with Crippen molar-refractivity contribution in [1.82, 2.24) is 0 Å². The molecule has 0 heterocycles. The molecule has 118 valence electrons. The summed E-state index contributed by atoms with van der Waals surface area (Å²) in [6.45, 7) is 14.4. The molecule has 0 fully saturated rings. The molecule has 0 bridgehead atoms. The van der Waals surface area contributed by atoms with Gasteiger partial charge in [0.15, 0.2) is 0 Å². The zero-order chi connectivity index (χ0) is 15.4. The first kappa shape index (κ1) is 18.3. The number of hydrogen-bond acceptors (Lipinski definition) is 0. The van der Waals surface area contributed by atoms with E-state index < -0.39 is 0 Å². The van der Waals surface area contributed by atoms with Crippen molar-refractivity contribution in [2.75, 3.05) is 5.33 Å². The Hall–Kier alpha value is 0.220. The summed E-state index contributed by atoms with van der Waals surface area (Å²) in [4.78, 5) is 0. The molecular weight excluding hydrogens is 308 g/mol. The molecule has 0 radical (unpaired) electrons. The van der Waals surface area contributed by atoms with E-state index in [1.54, 1.807) is 5.57 Å². The van der Waals surface area contributed by atoms with E-state index in [0.717, 1.165) is 17.2 Å². The molecule has 20 heavy (non-hydrogen) atoms. The average molecular weight is 343 g/mol. The van der Waals surface area contributed by atoms with Crippen molar-refractivity contribution in [3.8, 4) is 0 Å². The molecule has 0 spiro atoms. The second kappa shape index (κ2) is 7.47. The third-order valence-electron chi connectivity index (χ3n) is 4.77. The summed E-state index contributed by atoms with van der Waals surface area (Å²) < 4.78 is 0. The fourth-order valence-corrected chi connectivity index (χ4v) is 3.83. The van der Waals surface area contributed by atoms with Crippen molar-refractivity contribution < 1.29 is 0 Å². The smallest absolute Gasteiger partial charge is 0.00313 e. The molecule has 0 N–H and O–H groups in total. The lowest BCUT2D eigenvalue weighted by Gasteiger charge is -2.28. The summed E-state index contributed by atoms with van der Waals surface area (Å²) in [5.74, 6) is 1.60. The number of halogens is 1. The fraction of sp³-hybridized carbons (Fsp3) is 0.895. The zero-order valence-electron chi connectivity index (χ0n) is 14.6. The van der Waals surface area contributed by atoms with Gasteiger partial charge >= 0.3 is 0 Å². The Morgan fingerprint density at radius 1 is 1.00 bits per heavy atom. The van der Waals surface area contributed by atoms with E-state index in [-0.39, 0.29) is 0 Å². The molecule has 0 saturated carbocycles. The van der Waals surface area contributed by atoms with Crippen LogP contribution in [0.2, 0.25) is 0 Å². The van der Waals surface area contributed by atoms with Gasteiger partial charge in [-0.15, -0.1) is 0 Å². The number of allylic oxidation sites excluding steroid dienone is 2. The molecule has 0 aromatic heterocycles. The highest BCUT2D eigenvalue weighted by molar-refractivity contribution is 9.09. The van der Waals surface area contributed by atoms with E-state index in [4.69, 9.17) is 0 Å². The third-order valence-corrected chi connectivity index (χ3v) is 5.33. The summed E-state index contributed by atoms with van der Waals surface area (Å²) >= 11 is 3.52. The molecule has 2 unspecified atom stereocenters. The van der Waals surface area contributed by atoms with Gasteiger partial charge < -0.3 is 0 Å². The molecule has 1 heteroatoms. The van der Waals surface area contributed by atoms with Crippen molar-refractivity contribution in [3.05, 3.63) is 11.6 Å². The van der Waals surface area contributed by atoms with E-state index in [1.807, 2.05) is 0 Å². The molecule has 1 aliphatic rings. The molecule has 0 aromatic rings. The monoisotopic (exact) mass is 342 g/mol. The SMILES string of the molecule is CC(C)(C)C1=CC(C(C)(C)C)CC1CCCCCCBr. The van der Waals surface area contributed by atoms with Crippen LogP contribution in [-0.2, 0) is 0 Å². The van der Waals surface area contributed by atoms with Crippen LogP contribution in [0.15, 0.2) is 11.6 Å². The highest BCUT2D eigenvalue weighted by Gasteiger charge is 2.36. The quantitative estimate of drug-likeness (QED) is 0.277. The number of alkyl halides is 1. The van der Waals surface area contributed by atoms with Gasteiger partial charge in [-0.25, -0.2) is 0 Å². The van der Waals surface area contributed by atoms with E-state index in [9.17, 15) is 0 Å². The Bertz CT molecular complexity index is 314. The molecule has 0 amide bonds. The van der Waals surface area contributed by atoms with Gasteiger partial charge in [0, 0.05) is 5.33 Å². The summed E-state index contributed by atoms with van der Waals surface area (Å²) in [6.07, 6.45) is 10.9. The van der Waals surface area contributed by atoms with Crippen LogP contribution in [0.1, 0.15) is 80.1 Å². The lowest BCUT2D eigenvalue weighted by Crippen LogP contribution is -2.18. The highest BCUT2D eigenvalue weighted by atomic mass is 79.9. The number of hydrogen-bond donors (Lipinski definition) is 0. The van der Waals surface area contributed by atoms with Crippen LogP contribution in [0.4, 0.5) is 0 Å². The summed E-state index contributed by atoms with van der Waals surface area (Å²) in [5.41, 5.74) is 2.50. The maximum atomic E-state index is 3.52. The van der Waals surface area contributed by atoms with Crippen molar-refractivity contribution >= 4 is 15.9 Å². The Kier molecular flexibility index (Phi) is 6.83. The van der Waals surface area contributed by atoms with Gasteiger partial charge in [0.2, 0.25) is 0 Å². The molecule has 0 aliphatic heterocycles. The van der Waals surface area contributed by atoms with Crippen LogP contribution in [0.25, 0.3) is 0 Å². The molecule has 2 atom stereocenters. The van der Waals surface area contributed by atoms with Crippen LogP contribution in [0.5, 0.6) is 0 Å². The second-order valence-electron chi connectivity index (χ2n) is 8.67. The standard InChI is InChI=1S/C19H35Br/c1-18(2,3)16-13-15(11-9-7-8-10-12-20)17(14-16)19(4,5)6/h14-16H,7-13H2,1-6H3. The van der Waals surface area contributed by atoms with Crippen molar-refractivity contribution in [2.45, 2.75) is 80.1 Å². The summed E-state index contributed by atoms with van der Waals surface area (Å²) in [5, 5.41) is 1.16. The van der Waals surface area contributed by atoms with E-state index in [1.165, 1.54) is 38.5 Å².